The van der Waals surface area contributed by atoms with Crippen LogP contribution in [0.25, 0.3) is 0 Å². The molecule has 2 nitrogen and oxygen atoms in total. The van der Waals surface area contributed by atoms with Crippen molar-refractivity contribution < 1.29 is 13.2 Å². The van der Waals surface area contributed by atoms with Crippen LogP contribution < -0.4 is 4.90 Å². The number of nitrogens with zero attached hydrogens (tertiary/aromatic N) is 2. The number of rotatable bonds is 4. The number of benzene rings is 2. The van der Waals surface area contributed by atoms with E-state index in [-0.39, 0.29) is 0 Å². The lowest BCUT2D eigenvalue weighted by Gasteiger charge is -2.33. The highest BCUT2D eigenvalue weighted by atomic mass is 35.5. The topological polar surface area (TPSA) is 6.48 Å². The lowest BCUT2D eigenvalue weighted by Crippen LogP contribution is -2.25. The molecule has 0 fully saturated rings. The van der Waals surface area contributed by atoms with Crippen LogP contribution in [0.1, 0.15) is 12.0 Å². The van der Waals surface area contributed by atoms with Gasteiger partial charge in [0, 0.05) is 21.4 Å². The van der Waals surface area contributed by atoms with Crippen molar-refractivity contribution in [2.24, 2.45) is 0 Å². The Labute approximate surface area is 154 Å². The molecule has 0 saturated carbocycles. The van der Waals surface area contributed by atoms with Crippen molar-refractivity contribution in [1.82, 2.24) is 4.90 Å². The van der Waals surface area contributed by atoms with Crippen molar-refractivity contribution in [1.29, 1.82) is 0 Å². The lowest BCUT2D eigenvalue weighted by molar-refractivity contribution is -0.137. The summed E-state index contributed by atoms with van der Waals surface area (Å²) in [6, 6.07) is 9.45. The Morgan fingerprint density at radius 1 is 1.04 bits per heavy atom. The minimum absolute atomic E-state index is 0.605. The van der Waals surface area contributed by atoms with E-state index in [1.54, 1.807) is 12.1 Å². The number of fused-ring (bicyclic) bond motifs is 2. The Morgan fingerprint density at radius 2 is 1.80 bits per heavy atom. The number of alkyl halides is 3. The summed E-state index contributed by atoms with van der Waals surface area (Å²) >= 11 is 7.55. The van der Waals surface area contributed by atoms with E-state index >= 15 is 0 Å². The van der Waals surface area contributed by atoms with Crippen LogP contribution in [0.2, 0.25) is 5.02 Å². The van der Waals surface area contributed by atoms with E-state index in [0.29, 0.717) is 17.3 Å². The summed E-state index contributed by atoms with van der Waals surface area (Å²) in [5, 5.41) is 0.620. The first-order chi connectivity index (χ1) is 11.8. The summed E-state index contributed by atoms with van der Waals surface area (Å²) in [5.74, 6) is 0. The van der Waals surface area contributed by atoms with Crippen molar-refractivity contribution >= 4 is 34.7 Å². The van der Waals surface area contributed by atoms with Crippen molar-refractivity contribution in [2.75, 3.05) is 32.1 Å². The Kier molecular flexibility index (Phi) is 5.23. The van der Waals surface area contributed by atoms with E-state index in [9.17, 15) is 13.2 Å². The second-order valence-corrected chi connectivity index (χ2v) is 7.72. The second kappa shape index (κ2) is 7.09. The maximum Gasteiger partial charge on any atom is 0.416 e. The van der Waals surface area contributed by atoms with E-state index in [2.05, 4.69) is 4.90 Å². The van der Waals surface area contributed by atoms with Gasteiger partial charge in [-0.3, -0.25) is 0 Å². The number of hydrogen-bond acceptors (Lipinski definition) is 3. The average molecular weight is 387 g/mol. The van der Waals surface area contributed by atoms with Gasteiger partial charge in [-0.05, 0) is 63.5 Å². The molecular formula is C18H18ClF3N2S. The summed E-state index contributed by atoms with van der Waals surface area (Å²) in [5.41, 5.74) is 0.884. The molecule has 2 aromatic rings. The first-order valence-corrected chi connectivity index (χ1v) is 9.06. The van der Waals surface area contributed by atoms with Crippen LogP contribution in [-0.2, 0) is 6.18 Å². The normalized spacial score (nSPS) is 13.8. The summed E-state index contributed by atoms with van der Waals surface area (Å²) in [6.07, 6.45) is -3.51. The maximum absolute atomic E-state index is 13.1. The van der Waals surface area contributed by atoms with Gasteiger partial charge in [0.2, 0.25) is 0 Å². The van der Waals surface area contributed by atoms with E-state index < -0.39 is 11.7 Å². The van der Waals surface area contributed by atoms with Crippen LogP contribution >= 0.6 is 23.4 Å². The molecule has 0 atom stereocenters. The molecule has 7 heteroatoms. The molecule has 0 aliphatic carbocycles. The molecule has 3 rings (SSSR count). The van der Waals surface area contributed by atoms with Gasteiger partial charge in [0.25, 0.3) is 0 Å². The third-order valence-electron chi connectivity index (χ3n) is 4.00. The largest absolute Gasteiger partial charge is 0.416 e. The van der Waals surface area contributed by atoms with Gasteiger partial charge in [-0.25, -0.2) is 0 Å². The molecule has 134 valence electrons. The second-order valence-electron chi connectivity index (χ2n) is 6.20. The lowest BCUT2D eigenvalue weighted by atomic mass is 10.1. The zero-order valence-electron chi connectivity index (χ0n) is 13.9. The van der Waals surface area contributed by atoms with Crippen molar-refractivity contribution in [3.05, 3.63) is 47.0 Å². The first kappa shape index (κ1) is 18.4. The Bertz CT molecular complexity index is 777. The van der Waals surface area contributed by atoms with Gasteiger partial charge in [-0.1, -0.05) is 23.4 Å². The number of halogens is 4. The molecule has 1 heterocycles. The fraction of sp³-hybridized carbons (Fsp3) is 0.333. The van der Waals surface area contributed by atoms with Crippen molar-refractivity contribution in [2.45, 2.75) is 22.4 Å². The smallest absolute Gasteiger partial charge is 0.340 e. The van der Waals surface area contributed by atoms with Gasteiger partial charge in [-0.15, -0.1) is 0 Å². The van der Waals surface area contributed by atoms with Crippen LogP contribution in [0.3, 0.4) is 0 Å². The minimum atomic E-state index is -4.35. The average Bonchev–Trinajstić information content (AvgIpc) is 2.52. The van der Waals surface area contributed by atoms with Crippen LogP contribution in [0, 0.1) is 0 Å². The van der Waals surface area contributed by atoms with Crippen molar-refractivity contribution in [3.63, 3.8) is 0 Å². The maximum atomic E-state index is 13.1. The van der Waals surface area contributed by atoms with Gasteiger partial charge in [-0.2, -0.15) is 13.2 Å². The minimum Gasteiger partial charge on any atom is -0.340 e. The molecule has 2 aromatic carbocycles. The van der Waals surface area contributed by atoms with Crippen LogP contribution in [-0.4, -0.2) is 32.1 Å². The van der Waals surface area contributed by atoms with Gasteiger partial charge in [0.1, 0.15) is 0 Å². The molecule has 0 unspecified atom stereocenters. The first-order valence-electron chi connectivity index (χ1n) is 7.86. The SMILES string of the molecule is CN(C)CCCN1c2ccc(Cl)cc2Sc2ccc(C(F)(F)F)cc21. The quantitative estimate of drug-likeness (QED) is 0.644. The number of anilines is 2. The molecule has 25 heavy (non-hydrogen) atoms. The van der Waals surface area contributed by atoms with Gasteiger partial charge in [0.05, 0.1) is 16.9 Å². The van der Waals surface area contributed by atoms with Gasteiger partial charge < -0.3 is 9.80 Å². The molecular weight excluding hydrogens is 369 g/mol. The fourth-order valence-electron chi connectivity index (χ4n) is 2.82. The molecule has 1 aliphatic heterocycles. The van der Waals surface area contributed by atoms with E-state index in [4.69, 9.17) is 11.6 Å². The standard InChI is InChI=1S/C18H18ClF3N2S/c1-23(2)8-3-9-24-14-6-5-13(19)11-17(14)25-16-7-4-12(10-15(16)24)18(20,21)22/h4-7,10-11H,3,8-9H2,1-2H3. The predicted molar refractivity (Wildman–Crippen MR) is 97.2 cm³/mol. The predicted octanol–water partition coefficient (Wildman–Crippen LogP) is 5.91. The van der Waals surface area contributed by atoms with Gasteiger partial charge >= 0.3 is 6.18 Å². The highest BCUT2D eigenvalue weighted by Gasteiger charge is 2.33. The highest BCUT2D eigenvalue weighted by molar-refractivity contribution is 7.99. The monoisotopic (exact) mass is 386 g/mol. The number of hydrogen-bond donors (Lipinski definition) is 0. The van der Waals surface area contributed by atoms with Crippen LogP contribution in [0.4, 0.5) is 24.5 Å². The molecule has 1 aliphatic rings. The fourth-order valence-corrected chi connectivity index (χ4v) is 4.17. The summed E-state index contributed by atoms with van der Waals surface area (Å²) < 4.78 is 39.4. The summed E-state index contributed by atoms with van der Waals surface area (Å²) in [4.78, 5) is 5.81. The van der Waals surface area contributed by atoms with Crippen LogP contribution in [0.15, 0.2) is 46.2 Å². The van der Waals surface area contributed by atoms with E-state index in [1.807, 2.05) is 31.1 Å². The third kappa shape index (κ3) is 4.07. The summed E-state index contributed by atoms with van der Waals surface area (Å²) in [6.45, 7) is 1.50. The Hall–Kier alpha value is -1.37. The Balaban J connectivity index is 2.02. The van der Waals surface area contributed by atoms with Crippen molar-refractivity contribution in [3.8, 4) is 0 Å². The molecule has 0 amide bonds. The molecule has 0 aromatic heterocycles. The van der Waals surface area contributed by atoms with E-state index in [1.165, 1.54) is 17.8 Å². The highest BCUT2D eigenvalue weighted by Crippen LogP contribution is 2.50. The molecule has 0 spiro atoms. The third-order valence-corrected chi connectivity index (χ3v) is 5.34. The molecule has 0 radical (unpaired) electrons. The Morgan fingerprint density at radius 3 is 2.48 bits per heavy atom. The van der Waals surface area contributed by atoms with E-state index in [0.717, 1.165) is 34.5 Å². The molecule has 0 saturated heterocycles. The summed E-state index contributed by atoms with van der Waals surface area (Å²) in [7, 11) is 3.96. The molecule has 0 N–H and O–H groups in total. The van der Waals surface area contributed by atoms with Crippen LogP contribution in [0.5, 0.6) is 0 Å². The zero-order chi connectivity index (χ0) is 18.2. The zero-order valence-corrected chi connectivity index (χ0v) is 15.5. The molecule has 0 bridgehead atoms. The van der Waals surface area contributed by atoms with Gasteiger partial charge in [0.15, 0.2) is 0 Å².